The van der Waals surface area contributed by atoms with Crippen LogP contribution in [0, 0.1) is 0 Å². The Hall–Kier alpha value is -3.49. The van der Waals surface area contributed by atoms with Gasteiger partial charge in [-0.3, -0.25) is 9.59 Å². The van der Waals surface area contributed by atoms with Crippen molar-refractivity contribution in [2.75, 3.05) is 6.54 Å². The van der Waals surface area contributed by atoms with E-state index in [1.165, 1.54) is 0 Å². The third kappa shape index (κ3) is 7.76. The number of sulfonamides is 1. The molecule has 8 heteroatoms. The molecule has 2 amide bonds. The average Bonchev–Trinajstić information content (AvgIpc) is 3.74. The van der Waals surface area contributed by atoms with Gasteiger partial charge in [0.2, 0.25) is 21.8 Å². The van der Waals surface area contributed by atoms with E-state index < -0.39 is 16.1 Å². The Bertz CT molecular complexity index is 1310. The van der Waals surface area contributed by atoms with Gasteiger partial charge < -0.3 is 10.2 Å². The van der Waals surface area contributed by atoms with Gasteiger partial charge in [0.25, 0.3) is 0 Å². The van der Waals surface area contributed by atoms with Crippen LogP contribution in [-0.2, 0) is 39.0 Å². The molecule has 0 radical (unpaired) electrons. The summed E-state index contributed by atoms with van der Waals surface area (Å²) in [4.78, 5) is 28.8. The molecule has 200 valence electrons. The molecule has 0 bridgehead atoms. The lowest BCUT2D eigenvalue weighted by Crippen LogP contribution is -2.50. The van der Waals surface area contributed by atoms with Crippen LogP contribution in [0.15, 0.2) is 89.8 Å². The Kier molecular flexibility index (Phi) is 9.31. The van der Waals surface area contributed by atoms with Crippen LogP contribution >= 0.6 is 0 Å². The molecule has 7 nitrogen and oxygen atoms in total. The number of carbonyl (C=O) groups excluding carboxylic acids is 2. The molecule has 0 heterocycles. The van der Waals surface area contributed by atoms with Crippen molar-refractivity contribution in [1.82, 2.24) is 14.9 Å². The van der Waals surface area contributed by atoms with Crippen molar-refractivity contribution in [1.29, 1.82) is 0 Å². The van der Waals surface area contributed by atoms with Gasteiger partial charge in [-0.25, -0.2) is 13.1 Å². The van der Waals surface area contributed by atoms with Gasteiger partial charge in [0.15, 0.2) is 0 Å². The van der Waals surface area contributed by atoms with Gasteiger partial charge in [-0.15, -0.1) is 0 Å². The van der Waals surface area contributed by atoms with Crippen LogP contribution in [0.5, 0.6) is 0 Å². The number of nitrogens with one attached hydrogen (secondary N) is 2. The second-order valence-corrected chi connectivity index (χ2v) is 11.4. The van der Waals surface area contributed by atoms with E-state index in [0.29, 0.717) is 25.9 Å². The molecule has 0 aliphatic heterocycles. The first-order valence-electron chi connectivity index (χ1n) is 13.1. The van der Waals surface area contributed by atoms with Crippen LogP contribution in [0.4, 0.5) is 0 Å². The summed E-state index contributed by atoms with van der Waals surface area (Å²) in [6, 6.07) is 25.4. The molecular formula is C30H35N3O4S. The molecule has 3 aromatic carbocycles. The molecule has 2 N–H and O–H groups in total. The molecule has 1 aliphatic carbocycles. The molecule has 38 heavy (non-hydrogen) atoms. The third-order valence-corrected chi connectivity index (χ3v) is 8.11. The molecule has 1 aliphatic rings. The van der Waals surface area contributed by atoms with Crippen molar-refractivity contribution in [2.24, 2.45) is 0 Å². The summed E-state index contributed by atoms with van der Waals surface area (Å²) in [5, 5.41) is 2.90. The van der Waals surface area contributed by atoms with Crippen LogP contribution in [0.2, 0.25) is 0 Å². The maximum Gasteiger partial charge on any atom is 0.243 e. The Labute approximate surface area is 225 Å². The van der Waals surface area contributed by atoms with Crippen molar-refractivity contribution < 1.29 is 18.0 Å². The number of hydrogen-bond acceptors (Lipinski definition) is 4. The lowest BCUT2D eigenvalue weighted by atomic mass is 10.0. The quantitative estimate of drug-likeness (QED) is 0.349. The standard InChI is InChI=1S/C30H35N3O4S/c1-2-31-30(35)28(21-24-9-5-3-6-10-24)33(22-25-11-7-4-8-12-25)29(34)20-15-23-13-18-27(19-14-23)38(36,37)32-26-16-17-26/h3-14,18-19,26,28,32H,2,15-17,20-22H2,1H3,(H,31,35). The predicted molar refractivity (Wildman–Crippen MR) is 148 cm³/mol. The smallest absolute Gasteiger partial charge is 0.243 e. The highest BCUT2D eigenvalue weighted by Gasteiger charge is 2.30. The van der Waals surface area contributed by atoms with E-state index in [1.807, 2.05) is 67.6 Å². The highest BCUT2D eigenvalue weighted by molar-refractivity contribution is 7.89. The number of hydrogen-bond donors (Lipinski definition) is 2. The lowest BCUT2D eigenvalue weighted by Gasteiger charge is -2.31. The summed E-state index contributed by atoms with van der Waals surface area (Å²) in [7, 11) is -3.52. The number of rotatable bonds is 13. The van der Waals surface area contributed by atoms with E-state index in [2.05, 4.69) is 10.0 Å². The molecule has 0 aromatic heterocycles. The molecule has 1 atom stereocenters. The number of nitrogens with zero attached hydrogens (tertiary/aromatic N) is 1. The average molecular weight is 534 g/mol. The number of aryl methyl sites for hydroxylation is 1. The number of amides is 2. The van der Waals surface area contributed by atoms with Crippen LogP contribution < -0.4 is 10.0 Å². The van der Waals surface area contributed by atoms with Gasteiger partial charge in [0.05, 0.1) is 4.90 Å². The maximum absolute atomic E-state index is 13.7. The molecule has 3 aromatic rings. The lowest BCUT2D eigenvalue weighted by molar-refractivity contribution is -0.141. The Morgan fingerprint density at radius 1 is 0.868 bits per heavy atom. The van der Waals surface area contributed by atoms with Gasteiger partial charge in [-0.1, -0.05) is 72.8 Å². The minimum Gasteiger partial charge on any atom is -0.355 e. The second kappa shape index (κ2) is 12.8. The van der Waals surface area contributed by atoms with Crippen molar-refractivity contribution in [2.45, 2.75) is 62.6 Å². The summed E-state index contributed by atoms with van der Waals surface area (Å²) in [5.74, 6) is -0.313. The first-order chi connectivity index (χ1) is 18.4. The second-order valence-electron chi connectivity index (χ2n) is 9.65. The summed E-state index contributed by atoms with van der Waals surface area (Å²) in [6.45, 7) is 2.66. The Balaban J connectivity index is 1.51. The SMILES string of the molecule is CCNC(=O)C(Cc1ccccc1)N(Cc1ccccc1)C(=O)CCc1ccc(S(=O)(=O)NC2CC2)cc1. The largest absolute Gasteiger partial charge is 0.355 e. The van der Waals surface area contributed by atoms with Crippen LogP contribution in [0.25, 0.3) is 0 Å². The van der Waals surface area contributed by atoms with Gasteiger partial charge in [0.1, 0.15) is 6.04 Å². The molecule has 1 saturated carbocycles. The molecule has 0 saturated heterocycles. The van der Waals surface area contributed by atoms with Crippen molar-refractivity contribution in [3.8, 4) is 0 Å². The molecule has 0 spiro atoms. The number of benzene rings is 3. The van der Waals surface area contributed by atoms with Gasteiger partial charge >= 0.3 is 0 Å². The normalized spacial score (nSPS) is 14.0. The fraction of sp³-hybridized carbons (Fsp3) is 0.333. The van der Waals surface area contributed by atoms with E-state index in [0.717, 1.165) is 29.5 Å². The van der Waals surface area contributed by atoms with Crippen LogP contribution in [0.3, 0.4) is 0 Å². The van der Waals surface area contributed by atoms with Crippen LogP contribution in [0.1, 0.15) is 42.9 Å². The fourth-order valence-corrected chi connectivity index (χ4v) is 5.65. The summed E-state index contributed by atoms with van der Waals surface area (Å²) >= 11 is 0. The van der Waals surface area contributed by atoms with Gasteiger partial charge in [0, 0.05) is 32.0 Å². The van der Waals surface area contributed by atoms with E-state index in [9.17, 15) is 18.0 Å². The zero-order valence-corrected chi connectivity index (χ0v) is 22.5. The van der Waals surface area contributed by atoms with E-state index >= 15 is 0 Å². The van der Waals surface area contributed by atoms with Crippen molar-refractivity contribution in [3.63, 3.8) is 0 Å². The highest BCUT2D eigenvalue weighted by Crippen LogP contribution is 2.23. The Morgan fingerprint density at radius 3 is 2.05 bits per heavy atom. The van der Waals surface area contributed by atoms with Crippen molar-refractivity contribution in [3.05, 3.63) is 102 Å². The zero-order valence-electron chi connectivity index (χ0n) is 21.7. The molecule has 1 unspecified atom stereocenters. The maximum atomic E-state index is 13.7. The van der Waals surface area contributed by atoms with E-state index in [1.54, 1.807) is 29.2 Å². The first kappa shape index (κ1) is 27.5. The first-order valence-corrected chi connectivity index (χ1v) is 14.6. The third-order valence-electron chi connectivity index (χ3n) is 6.58. The summed E-state index contributed by atoms with van der Waals surface area (Å²) in [6.07, 6.45) is 2.80. The van der Waals surface area contributed by atoms with E-state index in [4.69, 9.17) is 0 Å². The minimum atomic E-state index is -3.52. The van der Waals surface area contributed by atoms with Crippen molar-refractivity contribution >= 4 is 21.8 Å². The molecular weight excluding hydrogens is 498 g/mol. The molecule has 1 fully saturated rings. The number of carbonyl (C=O) groups is 2. The monoisotopic (exact) mass is 533 g/mol. The number of likely N-dealkylation sites (N-methyl/N-ethyl adjacent to an activating group) is 1. The van der Waals surface area contributed by atoms with Crippen LogP contribution in [-0.4, -0.2) is 43.8 Å². The predicted octanol–water partition coefficient (Wildman–Crippen LogP) is 3.84. The van der Waals surface area contributed by atoms with E-state index in [-0.39, 0.29) is 29.2 Å². The summed E-state index contributed by atoms with van der Waals surface area (Å²) < 4.78 is 27.6. The topological polar surface area (TPSA) is 95.6 Å². The minimum absolute atomic E-state index is 0.0432. The van der Waals surface area contributed by atoms with Gasteiger partial charge in [-0.2, -0.15) is 0 Å². The molecule has 4 rings (SSSR count). The summed E-state index contributed by atoms with van der Waals surface area (Å²) in [5.41, 5.74) is 2.79. The Morgan fingerprint density at radius 2 is 1.47 bits per heavy atom. The fourth-order valence-electron chi connectivity index (χ4n) is 4.34. The highest BCUT2D eigenvalue weighted by atomic mass is 32.2. The zero-order chi connectivity index (χ0) is 27.0. The van der Waals surface area contributed by atoms with Gasteiger partial charge in [-0.05, 0) is 55.0 Å².